The van der Waals surface area contributed by atoms with E-state index in [-0.39, 0.29) is 11.9 Å². The number of benzene rings is 2. The van der Waals surface area contributed by atoms with Crippen molar-refractivity contribution in [3.8, 4) is 17.2 Å². The highest BCUT2D eigenvalue weighted by Crippen LogP contribution is 2.37. The Labute approximate surface area is 171 Å². The third kappa shape index (κ3) is 4.65. The molecule has 0 radical (unpaired) electrons. The molecule has 0 bridgehead atoms. The molecule has 1 saturated heterocycles. The molecule has 2 aromatic carbocycles. The molecule has 0 spiro atoms. The van der Waals surface area contributed by atoms with Gasteiger partial charge in [-0.1, -0.05) is 24.3 Å². The minimum atomic E-state index is 0.0251. The van der Waals surface area contributed by atoms with Crippen molar-refractivity contribution in [2.45, 2.75) is 31.8 Å². The second-order valence-corrected chi connectivity index (χ2v) is 7.47. The zero-order valence-electron chi connectivity index (χ0n) is 16.9. The third-order valence-corrected chi connectivity index (χ3v) is 5.54. The standard InChI is InChI=1S/C23H28N2O4/c1-27-20-8-3-2-6-18(20)15-24-23(26)16-25-11-4-7-19(25)17-9-10-21-22(14-17)29-13-5-12-28-21/h2-3,6,8-10,14,19H,4-5,7,11-13,15-16H2,1H3,(H,24,26)/t19-/m0/s1. The molecule has 4 rings (SSSR count). The van der Waals surface area contributed by atoms with E-state index in [0.29, 0.717) is 26.3 Å². The van der Waals surface area contributed by atoms with Crippen molar-refractivity contribution in [3.63, 3.8) is 0 Å². The summed E-state index contributed by atoms with van der Waals surface area (Å²) in [5.41, 5.74) is 2.16. The molecule has 1 amide bonds. The van der Waals surface area contributed by atoms with E-state index in [1.54, 1.807) is 7.11 Å². The highest BCUT2D eigenvalue weighted by atomic mass is 16.5. The number of para-hydroxylation sites is 1. The van der Waals surface area contributed by atoms with Crippen molar-refractivity contribution in [2.75, 3.05) is 33.4 Å². The first-order valence-electron chi connectivity index (χ1n) is 10.3. The lowest BCUT2D eigenvalue weighted by Gasteiger charge is -2.25. The molecule has 0 unspecified atom stereocenters. The van der Waals surface area contributed by atoms with Crippen molar-refractivity contribution in [1.29, 1.82) is 0 Å². The summed E-state index contributed by atoms with van der Waals surface area (Å²) in [5.74, 6) is 2.44. The predicted octanol–water partition coefficient (Wildman–Crippen LogP) is 3.31. The highest BCUT2D eigenvalue weighted by Gasteiger charge is 2.28. The van der Waals surface area contributed by atoms with Crippen LogP contribution in [0.15, 0.2) is 42.5 Å². The number of rotatable bonds is 6. The first-order chi connectivity index (χ1) is 14.2. The second-order valence-electron chi connectivity index (χ2n) is 7.47. The van der Waals surface area contributed by atoms with Crippen molar-refractivity contribution in [2.24, 2.45) is 0 Å². The molecule has 1 fully saturated rings. The molecule has 2 aromatic rings. The van der Waals surface area contributed by atoms with Gasteiger partial charge in [0.2, 0.25) is 5.91 Å². The number of ether oxygens (including phenoxy) is 3. The van der Waals surface area contributed by atoms with E-state index >= 15 is 0 Å². The second kappa shape index (κ2) is 9.18. The summed E-state index contributed by atoms with van der Waals surface area (Å²) >= 11 is 0. The maximum atomic E-state index is 12.6. The SMILES string of the molecule is COc1ccccc1CNC(=O)CN1CCC[C@H]1c1ccc2c(c1)OCCCO2. The third-order valence-electron chi connectivity index (χ3n) is 5.54. The molecule has 1 atom stereocenters. The molecule has 0 aliphatic carbocycles. The first-order valence-corrected chi connectivity index (χ1v) is 10.3. The maximum absolute atomic E-state index is 12.6. The summed E-state index contributed by atoms with van der Waals surface area (Å²) in [5, 5.41) is 3.03. The topological polar surface area (TPSA) is 60.0 Å². The van der Waals surface area contributed by atoms with E-state index in [4.69, 9.17) is 14.2 Å². The number of carbonyl (C=O) groups excluding carboxylic acids is 1. The van der Waals surface area contributed by atoms with E-state index in [2.05, 4.69) is 22.3 Å². The minimum absolute atomic E-state index is 0.0251. The molecule has 0 saturated carbocycles. The Balaban J connectivity index is 1.38. The molecule has 29 heavy (non-hydrogen) atoms. The van der Waals surface area contributed by atoms with Crippen molar-refractivity contribution in [1.82, 2.24) is 10.2 Å². The summed E-state index contributed by atoms with van der Waals surface area (Å²) in [6.07, 6.45) is 3.02. The zero-order valence-corrected chi connectivity index (χ0v) is 16.9. The van der Waals surface area contributed by atoms with Gasteiger partial charge >= 0.3 is 0 Å². The lowest BCUT2D eigenvalue weighted by Crippen LogP contribution is -2.36. The Hall–Kier alpha value is -2.73. The van der Waals surface area contributed by atoms with E-state index in [1.165, 1.54) is 5.56 Å². The Morgan fingerprint density at radius 2 is 1.97 bits per heavy atom. The largest absolute Gasteiger partial charge is 0.496 e. The van der Waals surface area contributed by atoms with Crippen LogP contribution in [-0.2, 0) is 11.3 Å². The lowest BCUT2D eigenvalue weighted by molar-refractivity contribution is -0.122. The lowest BCUT2D eigenvalue weighted by atomic mass is 10.0. The van der Waals surface area contributed by atoms with Gasteiger partial charge in [0.1, 0.15) is 5.75 Å². The average molecular weight is 396 g/mol. The Kier molecular flexibility index (Phi) is 6.20. The van der Waals surface area contributed by atoms with Gasteiger partial charge in [-0.3, -0.25) is 9.69 Å². The van der Waals surface area contributed by atoms with E-state index < -0.39 is 0 Å². The average Bonchev–Trinajstić information content (AvgIpc) is 3.07. The molecule has 6 heteroatoms. The van der Waals surface area contributed by atoms with Gasteiger partial charge in [0.25, 0.3) is 0 Å². The number of nitrogens with zero attached hydrogens (tertiary/aromatic N) is 1. The number of nitrogens with one attached hydrogen (secondary N) is 1. The van der Waals surface area contributed by atoms with E-state index in [0.717, 1.165) is 48.6 Å². The van der Waals surface area contributed by atoms with Crippen molar-refractivity contribution >= 4 is 5.91 Å². The molecule has 1 N–H and O–H groups in total. The smallest absolute Gasteiger partial charge is 0.234 e. The molecule has 154 valence electrons. The maximum Gasteiger partial charge on any atom is 0.234 e. The Morgan fingerprint density at radius 3 is 2.83 bits per heavy atom. The van der Waals surface area contributed by atoms with Crippen LogP contribution in [0.3, 0.4) is 0 Å². The number of hydrogen-bond acceptors (Lipinski definition) is 5. The fourth-order valence-electron chi connectivity index (χ4n) is 4.06. The van der Waals surface area contributed by atoms with Crippen LogP contribution in [0.1, 0.15) is 36.4 Å². The molecule has 2 heterocycles. The highest BCUT2D eigenvalue weighted by molar-refractivity contribution is 5.78. The van der Waals surface area contributed by atoms with Crippen molar-refractivity contribution in [3.05, 3.63) is 53.6 Å². The summed E-state index contributed by atoms with van der Waals surface area (Å²) < 4.78 is 16.9. The summed E-state index contributed by atoms with van der Waals surface area (Å²) in [6.45, 7) is 3.13. The Bertz CT molecular complexity index is 855. The van der Waals surface area contributed by atoms with Crippen LogP contribution in [0, 0.1) is 0 Å². The van der Waals surface area contributed by atoms with Gasteiger partial charge in [0, 0.05) is 24.6 Å². The summed E-state index contributed by atoms with van der Waals surface area (Å²) in [6, 6.07) is 14.1. The van der Waals surface area contributed by atoms with Crippen LogP contribution in [0.25, 0.3) is 0 Å². The Morgan fingerprint density at radius 1 is 1.14 bits per heavy atom. The summed E-state index contributed by atoms with van der Waals surface area (Å²) in [7, 11) is 1.64. The van der Waals surface area contributed by atoms with Crippen LogP contribution >= 0.6 is 0 Å². The van der Waals surface area contributed by atoms with E-state index in [1.807, 2.05) is 30.3 Å². The minimum Gasteiger partial charge on any atom is -0.496 e. The number of likely N-dealkylation sites (tertiary alicyclic amines) is 1. The number of fused-ring (bicyclic) bond motifs is 1. The quantitative estimate of drug-likeness (QED) is 0.812. The van der Waals surface area contributed by atoms with Gasteiger partial charge in [-0.15, -0.1) is 0 Å². The molecule has 2 aliphatic rings. The molecule has 0 aromatic heterocycles. The van der Waals surface area contributed by atoms with Crippen LogP contribution in [0.2, 0.25) is 0 Å². The van der Waals surface area contributed by atoms with Gasteiger partial charge in [0.15, 0.2) is 11.5 Å². The number of amides is 1. The van der Waals surface area contributed by atoms with Crippen LogP contribution in [0.4, 0.5) is 0 Å². The van der Waals surface area contributed by atoms with Gasteiger partial charge in [-0.05, 0) is 43.1 Å². The number of carbonyl (C=O) groups is 1. The van der Waals surface area contributed by atoms with Crippen LogP contribution < -0.4 is 19.5 Å². The van der Waals surface area contributed by atoms with Crippen LogP contribution in [0.5, 0.6) is 17.2 Å². The number of hydrogen-bond donors (Lipinski definition) is 1. The van der Waals surface area contributed by atoms with Gasteiger partial charge in [-0.2, -0.15) is 0 Å². The van der Waals surface area contributed by atoms with Crippen LogP contribution in [-0.4, -0.2) is 44.2 Å². The number of methoxy groups -OCH3 is 1. The zero-order chi connectivity index (χ0) is 20.1. The normalized spacial score (nSPS) is 18.9. The molecule has 2 aliphatic heterocycles. The molecular weight excluding hydrogens is 368 g/mol. The van der Waals surface area contributed by atoms with Crippen molar-refractivity contribution < 1.29 is 19.0 Å². The summed E-state index contributed by atoms with van der Waals surface area (Å²) in [4.78, 5) is 14.8. The monoisotopic (exact) mass is 396 g/mol. The first kappa shape index (κ1) is 19.6. The van der Waals surface area contributed by atoms with Gasteiger partial charge in [0.05, 0.1) is 26.9 Å². The fourth-order valence-corrected chi connectivity index (χ4v) is 4.06. The van der Waals surface area contributed by atoms with E-state index in [9.17, 15) is 4.79 Å². The fraction of sp³-hybridized carbons (Fsp3) is 0.435. The molecule has 6 nitrogen and oxygen atoms in total. The molecular formula is C23H28N2O4. The van der Waals surface area contributed by atoms with Gasteiger partial charge < -0.3 is 19.5 Å². The van der Waals surface area contributed by atoms with Gasteiger partial charge in [-0.25, -0.2) is 0 Å². The predicted molar refractivity (Wildman–Crippen MR) is 110 cm³/mol.